The molecule has 0 saturated carbocycles. The van der Waals surface area contributed by atoms with Crippen molar-refractivity contribution >= 4 is 23.6 Å². The van der Waals surface area contributed by atoms with Crippen LogP contribution in [0.4, 0.5) is 19.0 Å². The van der Waals surface area contributed by atoms with E-state index < -0.39 is 11.7 Å². The SMILES string of the molecule is FC(F)(F)c1cnc(N/N=C\[C@H]2CC=CCC2)c(Cl)c1. The first-order chi connectivity index (χ1) is 9.47. The lowest BCUT2D eigenvalue weighted by Gasteiger charge is -2.12. The number of nitrogens with one attached hydrogen (secondary N) is 1. The highest BCUT2D eigenvalue weighted by Gasteiger charge is 2.31. The zero-order valence-corrected chi connectivity index (χ0v) is 11.2. The van der Waals surface area contributed by atoms with Crippen LogP contribution in [0.2, 0.25) is 5.02 Å². The zero-order chi connectivity index (χ0) is 14.6. The summed E-state index contributed by atoms with van der Waals surface area (Å²) >= 11 is 5.75. The van der Waals surface area contributed by atoms with Gasteiger partial charge in [0.05, 0.1) is 10.6 Å². The number of hydrogen-bond acceptors (Lipinski definition) is 3. The van der Waals surface area contributed by atoms with Crippen molar-refractivity contribution in [2.75, 3.05) is 5.43 Å². The lowest BCUT2D eigenvalue weighted by Crippen LogP contribution is -2.07. The summed E-state index contributed by atoms with van der Waals surface area (Å²) in [6.07, 6.45) is 5.15. The molecule has 1 aromatic rings. The molecular weight excluding hydrogens is 291 g/mol. The van der Waals surface area contributed by atoms with Gasteiger partial charge in [-0.15, -0.1) is 0 Å². The molecule has 0 aromatic carbocycles. The Kier molecular flexibility index (Phi) is 4.65. The summed E-state index contributed by atoms with van der Waals surface area (Å²) in [5.41, 5.74) is 1.69. The second-order valence-corrected chi connectivity index (χ2v) is 4.89. The quantitative estimate of drug-likeness (QED) is 0.507. The molecule has 0 amide bonds. The van der Waals surface area contributed by atoms with Gasteiger partial charge in [0.2, 0.25) is 0 Å². The molecule has 1 aliphatic carbocycles. The Morgan fingerprint density at radius 3 is 2.80 bits per heavy atom. The fraction of sp³-hybridized carbons (Fsp3) is 0.385. The number of alkyl halides is 3. The summed E-state index contributed by atoms with van der Waals surface area (Å²) < 4.78 is 37.3. The number of allylic oxidation sites excluding steroid dienone is 2. The molecule has 3 nitrogen and oxygen atoms in total. The predicted octanol–water partition coefficient (Wildman–Crippen LogP) is 4.51. The summed E-state index contributed by atoms with van der Waals surface area (Å²) in [5.74, 6) is 0.447. The molecule has 0 saturated heterocycles. The third-order valence-corrected chi connectivity index (χ3v) is 3.22. The van der Waals surface area contributed by atoms with Gasteiger partial charge in [-0.1, -0.05) is 23.8 Å². The van der Waals surface area contributed by atoms with Crippen molar-refractivity contribution < 1.29 is 13.2 Å². The standard InChI is InChI=1S/C13H13ClF3N3/c14-11-6-10(13(15,16)17)8-18-12(11)20-19-7-9-4-2-1-3-5-9/h1-2,6-9H,3-5H2,(H,18,20)/b19-7-/t9-/m0/s1. The summed E-state index contributed by atoms with van der Waals surface area (Å²) in [6.45, 7) is 0. The van der Waals surface area contributed by atoms with Crippen molar-refractivity contribution in [2.24, 2.45) is 11.0 Å². The minimum atomic E-state index is -4.45. The van der Waals surface area contributed by atoms with Crippen LogP contribution in [0.15, 0.2) is 29.5 Å². The molecule has 1 heterocycles. The van der Waals surface area contributed by atoms with Gasteiger partial charge in [0.1, 0.15) is 0 Å². The van der Waals surface area contributed by atoms with Gasteiger partial charge in [0, 0.05) is 12.4 Å². The minimum absolute atomic E-state index is 0.111. The molecule has 1 atom stereocenters. The van der Waals surface area contributed by atoms with Crippen molar-refractivity contribution in [2.45, 2.75) is 25.4 Å². The Morgan fingerprint density at radius 2 is 2.20 bits per heavy atom. The normalized spacial score (nSPS) is 19.5. The molecule has 0 aliphatic heterocycles. The van der Waals surface area contributed by atoms with E-state index in [1.54, 1.807) is 6.21 Å². The molecule has 108 valence electrons. The molecule has 0 radical (unpaired) electrons. The maximum atomic E-state index is 12.4. The summed E-state index contributed by atoms with van der Waals surface area (Å²) in [7, 11) is 0. The van der Waals surface area contributed by atoms with Gasteiger partial charge in [-0.3, -0.25) is 5.43 Å². The van der Waals surface area contributed by atoms with E-state index >= 15 is 0 Å². The van der Waals surface area contributed by atoms with E-state index in [2.05, 4.69) is 27.7 Å². The van der Waals surface area contributed by atoms with E-state index in [0.29, 0.717) is 5.92 Å². The van der Waals surface area contributed by atoms with Crippen LogP contribution in [-0.2, 0) is 6.18 Å². The van der Waals surface area contributed by atoms with Crippen molar-refractivity contribution in [3.05, 3.63) is 35.0 Å². The van der Waals surface area contributed by atoms with Crippen molar-refractivity contribution in [1.82, 2.24) is 4.98 Å². The molecule has 0 spiro atoms. The molecule has 2 rings (SSSR count). The van der Waals surface area contributed by atoms with Crippen LogP contribution in [0.5, 0.6) is 0 Å². The maximum absolute atomic E-state index is 12.4. The number of rotatable bonds is 3. The third-order valence-electron chi connectivity index (χ3n) is 2.93. The molecule has 1 aromatic heterocycles. The van der Waals surface area contributed by atoms with Gasteiger partial charge in [0.25, 0.3) is 0 Å². The van der Waals surface area contributed by atoms with Crippen LogP contribution < -0.4 is 5.43 Å². The minimum Gasteiger partial charge on any atom is -0.260 e. The van der Waals surface area contributed by atoms with Crippen LogP contribution in [-0.4, -0.2) is 11.2 Å². The number of halogens is 4. The molecule has 7 heteroatoms. The average molecular weight is 304 g/mol. The average Bonchev–Trinajstić information content (AvgIpc) is 2.40. The Hall–Kier alpha value is -1.56. The smallest absolute Gasteiger partial charge is 0.260 e. The Labute approximate surface area is 119 Å². The highest BCUT2D eigenvalue weighted by atomic mass is 35.5. The molecular formula is C13H13ClF3N3. The number of nitrogens with zero attached hydrogens (tertiary/aromatic N) is 2. The predicted molar refractivity (Wildman–Crippen MR) is 72.8 cm³/mol. The Balaban J connectivity index is 1.99. The number of hydrazone groups is 1. The van der Waals surface area contributed by atoms with Crippen molar-refractivity contribution in [1.29, 1.82) is 0 Å². The van der Waals surface area contributed by atoms with E-state index in [4.69, 9.17) is 11.6 Å². The first-order valence-electron chi connectivity index (χ1n) is 6.14. The molecule has 1 aliphatic rings. The summed E-state index contributed by atoms with van der Waals surface area (Å²) in [6, 6.07) is 0.829. The van der Waals surface area contributed by atoms with Gasteiger partial charge >= 0.3 is 6.18 Å². The zero-order valence-electron chi connectivity index (χ0n) is 10.5. The van der Waals surface area contributed by atoms with E-state index in [0.717, 1.165) is 31.5 Å². The first-order valence-corrected chi connectivity index (χ1v) is 6.51. The second kappa shape index (κ2) is 6.26. The van der Waals surface area contributed by atoms with Gasteiger partial charge < -0.3 is 0 Å². The van der Waals surface area contributed by atoms with Crippen LogP contribution in [0, 0.1) is 5.92 Å². The van der Waals surface area contributed by atoms with E-state index in [1.807, 2.05) is 0 Å². The second-order valence-electron chi connectivity index (χ2n) is 4.49. The monoisotopic (exact) mass is 303 g/mol. The van der Waals surface area contributed by atoms with Crippen LogP contribution in [0.25, 0.3) is 0 Å². The largest absolute Gasteiger partial charge is 0.417 e. The van der Waals surface area contributed by atoms with E-state index in [1.165, 1.54) is 0 Å². The number of anilines is 1. The lowest BCUT2D eigenvalue weighted by molar-refractivity contribution is -0.137. The summed E-state index contributed by atoms with van der Waals surface area (Å²) in [5, 5.41) is 3.87. The third kappa shape index (κ3) is 3.96. The highest BCUT2D eigenvalue weighted by molar-refractivity contribution is 6.32. The van der Waals surface area contributed by atoms with Gasteiger partial charge in [-0.2, -0.15) is 18.3 Å². The van der Waals surface area contributed by atoms with E-state index in [-0.39, 0.29) is 10.8 Å². The molecule has 1 N–H and O–H groups in total. The number of pyridine rings is 1. The molecule has 0 unspecified atom stereocenters. The van der Waals surface area contributed by atoms with Crippen LogP contribution >= 0.6 is 11.6 Å². The fourth-order valence-electron chi connectivity index (χ4n) is 1.83. The van der Waals surface area contributed by atoms with Gasteiger partial charge in [-0.05, 0) is 31.2 Å². The topological polar surface area (TPSA) is 37.3 Å². The van der Waals surface area contributed by atoms with Gasteiger partial charge in [-0.25, -0.2) is 4.98 Å². The number of aromatic nitrogens is 1. The Bertz CT molecular complexity index is 526. The molecule has 0 bridgehead atoms. The highest BCUT2D eigenvalue weighted by Crippen LogP contribution is 2.32. The first kappa shape index (κ1) is 14.8. The summed E-state index contributed by atoms with van der Waals surface area (Å²) in [4.78, 5) is 3.64. The van der Waals surface area contributed by atoms with Crippen molar-refractivity contribution in [3.8, 4) is 0 Å². The van der Waals surface area contributed by atoms with Crippen LogP contribution in [0.3, 0.4) is 0 Å². The van der Waals surface area contributed by atoms with Crippen molar-refractivity contribution in [3.63, 3.8) is 0 Å². The fourth-order valence-corrected chi connectivity index (χ4v) is 2.04. The van der Waals surface area contributed by atoms with Crippen LogP contribution in [0.1, 0.15) is 24.8 Å². The molecule has 20 heavy (non-hydrogen) atoms. The Morgan fingerprint density at radius 1 is 1.40 bits per heavy atom. The maximum Gasteiger partial charge on any atom is 0.417 e. The lowest BCUT2D eigenvalue weighted by atomic mass is 9.96. The number of hydrogen-bond donors (Lipinski definition) is 1. The van der Waals surface area contributed by atoms with Gasteiger partial charge in [0.15, 0.2) is 5.82 Å². The molecule has 0 fully saturated rings. The van der Waals surface area contributed by atoms with E-state index in [9.17, 15) is 13.2 Å².